The summed E-state index contributed by atoms with van der Waals surface area (Å²) in [5.74, 6) is 1.27. The van der Waals surface area contributed by atoms with Crippen molar-refractivity contribution in [3.63, 3.8) is 0 Å². The second-order valence-electron chi connectivity index (χ2n) is 5.93. The first kappa shape index (κ1) is 19.3. The molecule has 1 rings (SSSR count). The van der Waals surface area contributed by atoms with Crippen molar-refractivity contribution in [2.24, 2.45) is 5.73 Å². The number of hydrogen-bond acceptors (Lipinski definition) is 4. The van der Waals surface area contributed by atoms with E-state index in [9.17, 15) is 4.79 Å². The van der Waals surface area contributed by atoms with Crippen LogP contribution in [-0.2, 0) is 4.79 Å². The molecular weight excluding hydrogens is 292 g/mol. The van der Waals surface area contributed by atoms with Crippen LogP contribution in [0, 0.1) is 0 Å². The number of benzene rings is 1. The molecule has 1 aromatic carbocycles. The van der Waals surface area contributed by atoms with Crippen LogP contribution in [0.1, 0.15) is 59.1 Å². The van der Waals surface area contributed by atoms with Crippen LogP contribution in [0.2, 0.25) is 0 Å². The van der Waals surface area contributed by atoms with Crippen LogP contribution in [0.3, 0.4) is 0 Å². The van der Waals surface area contributed by atoms with Gasteiger partial charge in [-0.2, -0.15) is 0 Å². The molecule has 0 radical (unpaired) electrons. The summed E-state index contributed by atoms with van der Waals surface area (Å²) in [5.41, 5.74) is 6.19. The highest BCUT2D eigenvalue weighted by Crippen LogP contribution is 2.30. The predicted octanol–water partition coefficient (Wildman–Crippen LogP) is 3.18. The lowest BCUT2D eigenvalue weighted by molar-refractivity contribution is -0.126. The normalized spacial score (nSPS) is 14.7. The van der Waals surface area contributed by atoms with Crippen molar-refractivity contribution in [2.75, 3.05) is 13.2 Å². The minimum absolute atomic E-state index is 0.140. The summed E-state index contributed by atoms with van der Waals surface area (Å²) in [6.45, 7) is 10.7. The Kier molecular flexibility index (Phi) is 7.36. The lowest BCUT2D eigenvalue weighted by Crippen LogP contribution is -2.52. The summed E-state index contributed by atoms with van der Waals surface area (Å²) in [4.78, 5) is 12.3. The largest absolute Gasteiger partial charge is 0.490 e. The van der Waals surface area contributed by atoms with Gasteiger partial charge < -0.3 is 20.5 Å². The fraction of sp³-hybridized carbons (Fsp3) is 0.611. The summed E-state index contributed by atoms with van der Waals surface area (Å²) < 4.78 is 11.2. The third-order valence-electron chi connectivity index (χ3n) is 3.70. The lowest BCUT2D eigenvalue weighted by Gasteiger charge is -2.26. The maximum atomic E-state index is 12.3. The van der Waals surface area contributed by atoms with E-state index in [1.165, 1.54) is 0 Å². The molecule has 1 aromatic rings. The third-order valence-corrected chi connectivity index (χ3v) is 3.70. The summed E-state index contributed by atoms with van der Waals surface area (Å²) in [5, 5.41) is 2.98. The average molecular weight is 322 g/mol. The van der Waals surface area contributed by atoms with E-state index in [4.69, 9.17) is 15.2 Å². The van der Waals surface area contributed by atoms with Crippen molar-refractivity contribution in [1.82, 2.24) is 5.32 Å². The predicted molar refractivity (Wildman–Crippen MR) is 92.8 cm³/mol. The lowest BCUT2D eigenvalue weighted by atomic mass is 9.95. The van der Waals surface area contributed by atoms with Gasteiger partial charge in [-0.05, 0) is 51.8 Å². The third kappa shape index (κ3) is 5.43. The van der Waals surface area contributed by atoms with E-state index in [0.717, 1.165) is 12.0 Å². The van der Waals surface area contributed by atoms with Crippen molar-refractivity contribution in [2.45, 2.75) is 59.0 Å². The maximum absolute atomic E-state index is 12.3. The maximum Gasteiger partial charge on any atom is 0.240 e. The summed E-state index contributed by atoms with van der Waals surface area (Å²) in [6, 6.07) is 5.57. The SMILES string of the molecule is CCCC(C)(N)C(=O)NC(C)c1ccc(OCC)c(OCC)c1. The van der Waals surface area contributed by atoms with Gasteiger partial charge in [-0.3, -0.25) is 4.79 Å². The number of amides is 1. The molecule has 0 aromatic heterocycles. The van der Waals surface area contributed by atoms with Crippen LogP contribution in [0.15, 0.2) is 18.2 Å². The molecule has 0 spiro atoms. The fourth-order valence-corrected chi connectivity index (χ4v) is 2.41. The number of nitrogens with one attached hydrogen (secondary N) is 1. The minimum atomic E-state index is -0.850. The van der Waals surface area contributed by atoms with Crippen molar-refractivity contribution < 1.29 is 14.3 Å². The number of nitrogens with two attached hydrogens (primary N) is 1. The van der Waals surface area contributed by atoms with Gasteiger partial charge in [-0.15, -0.1) is 0 Å². The highest BCUT2D eigenvalue weighted by molar-refractivity contribution is 5.85. The number of hydrogen-bond donors (Lipinski definition) is 2. The van der Waals surface area contributed by atoms with Crippen LogP contribution in [0.5, 0.6) is 11.5 Å². The van der Waals surface area contributed by atoms with E-state index in [1.807, 2.05) is 45.9 Å². The zero-order valence-corrected chi connectivity index (χ0v) is 14.9. The standard InChI is InChI=1S/C18H30N2O3/c1-6-11-18(5,19)17(21)20-13(4)14-9-10-15(22-7-2)16(12-14)23-8-3/h9-10,12-13H,6-8,11,19H2,1-5H3,(H,20,21). The molecule has 2 unspecified atom stereocenters. The average Bonchev–Trinajstić information content (AvgIpc) is 2.49. The monoisotopic (exact) mass is 322 g/mol. The topological polar surface area (TPSA) is 73.6 Å². The Morgan fingerprint density at radius 1 is 1.22 bits per heavy atom. The molecule has 2 atom stereocenters. The van der Waals surface area contributed by atoms with Crippen molar-refractivity contribution in [3.8, 4) is 11.5 Å². The van der Waals surface area contributed by atoms with Gasteiger partial charge in [0.2, 0.25) is 5.91 Å². The second kappa shape index (κ2) is 8.77. The first-order valence-corrected chi connectivity index (χ1v) is 8.35. The summed E-state index contributed by atoms with van der Waals surface area (Å²) >= 11 is 0. The van der Waals surface area contributed by atoms with Gasteiger partial charge in [-0.25, -0.2) is 0 Å². The quantitative estimate of drug-likeness (QED) is 0.732. The zero-order chi connectivity index (χ0) is 17.5. The molecule has 1 amide bonds. The molecule has 130 valence electrons. The van der Waals surface area contributed by atoms with Crippen molar-refractivity contribution in [1.29, 1.82) is 0 Å². The van der Waals surface area contributed by atoms with Crippen LogP contribution < -0.4 is 20.5 Å². The van der Waals surface area contributed by atoms with Gasteiger partial charge in [-0.1, -0.05) is 19.4 Å². The molecule has 23 heavy (non-hydrogen) atoms. The smallest absolute Gasteiger partial charge is 0.240 e. The number of carbonyl (C=O) groups is 1. The van der Waals surface area contributed by atoms with E-state index in [-0.39, 0.29) is 11.9 Å². The zero-order valence-electron chi connectivity index (χ0n) is 14.9. The Hall–Kier alpha value is -1.75. The van der Waals surface area contributed by atoms with Gasteiger partial charge >= 0.3 is 0 Å². The van der Waals surface area contributed by atoms with E-state index in [2.05, 4.69) is 5.32 Å². The molecule has 0 bridgehead atoms. The Balaban J connectivity index is 2.89. The molecule has 5 nitrogen and oxygen atoms in total. The van der Waals surface area contributed by atoms with Crippen LogP contribution in [0.25, 0.3) is 0 Å². The van der Waals surface area contributed by atoms with Crippen molar-refractivity contribution in [3.05, 3.63) is 23.8 Å². The number of ether oxygens (including phenoxy) is 2. The Bertz CT molecular complexity index is 515. The molecule has 0 aliphatic heterocycles. The second-order valence-corrected chi connectivity index (χ2v) is 5.93. The van der Waals surface area contributed by atoms with Gasteiger partial charge in [0.25, 0.3) is 0 Å². The van der Waals surface area contributed by atoms with Crippen molar-refractivity contribution >= 4 is 5.91 Å². The molecule has 0 aliphatic carbocycles. The van der Waals surface area contributed by atoms with Gasteiger partial charge in [0.05, 0.1) is 24.8 Å². The molecule has 0 saturated carbocycles. The number of rotatable bonds is 9. The van der Waals surface area contributed by atoms with Gasteiger partial charge in [0.15, 0.2) is 11.5 Å². The van der Waals surface area contributed by atoms with E-state index in [1.54, 1.807) is 6.92 Å². The van der Waals surface area contributed by atoms with Gasteiger partial charge in [0.1, 0.15) is 0 Å². The van der Waals surface area contributed by atoms with E-state index >= 15 is 0 Å². The highest BCUT2D eigenvalue weighted by Gasteiger charge is 2.28. The van der Waals surface area contributed by atoms with Crippen LogP contribution in [-0.4, -0.2) is 24.7 Å². The van der Waals surface area contributed by atoms with Gasteiger partial charge in [0, 0.05) is 0 Å². The molecule has 0 saturated heterocycles. The molecular formula is C18H30N2O3. The Labute approximate surface area is 139 Å². The first-order chi connectivity index (χ1) is 10.9. The van der Waals surface area contributed by atoms with Crippen LogP contribution in [0.4, 0.5) is 0 Å². The molecule has 3 N–H and O–H groups in total. The molecule has 0 aliphatic rings. The minimum Gasteiger partial charge on any atom is -0.490 e. The Morgan fingerprint density at radius 3 is 2.39 bits per heavy atom. The molecule has 5 heteroatoms. The highest BCUT2D eigenvalue weighted by atomic mass is 16.5. The molecule has 0 heterocycles. The molecule has 0 fully saturated rings. The summed E-state index contributed by atoms with van der Waals surface area (Å²) in [6.07, 6.45) is 1.52. The number of carbonyl (C=O) groups excluding carboxylic acids is 1. The van der Waals surface area contributed by atoms with E-state index < -0.39 is 5.54 Å². The summed E-state index contributed by atoms with van der Waals surface area (Å²) in [7, 11) is 0. The van der Waals surface area contributed by atoms with E-state index in [0.29, 0.717) is 31.1 Å². The fourth-order valence-electron chi connectivity index (χ4n) is 2.41. The Morgan fingerprint density at radius 2 is 1.83 bits per heavy atom. The first-order valence-electron chi connectivity index (χ1n) is 8.35. The van der Waals surface area contributed by atoms with Crippen LogP contribution >= 0.6 is 0 Å².